The standard InChI is InChI=1S/C35H48N6O2/c1-25(2)15-21-40(22-16-26(3)4)35(42)30-17-23-41-32(24-30)31(10-9-20-39-18-7-6-8-19-39)33(37-41)28-11-13-29(14-12-28)34-36-27(5)43-38-34/h11-14,17,23-26H,6-10,15-16,18-22H2,1-5H3. The van der Waals surface area contributed by atoms with Gasteiger partial charge in [0, 0.05) is 48.5 Å². The highest BCUT2D eigenvalue weighted by atomic mass is 16.5. The molecule has 43 heavy (non-hydrogen) atoms. The molecule has 0 bridgehead atoms. The molecule has 8 nitrogen and oxygen atoms in total. The molecule has 1 aromatic carbocycles. The van der Waals surface area contributed by atoms with Gasteiger partial charge < -0.3 is 14.3 Å². The van der Waals surface area contributed by atoms with Gasteiger partial charge >= 0.3 is 0 Å². The highest BCUT2D eigenvalue weighted by Gasteiger charge is 2.21. The Morgan fingerprint density at radius 2 is 1.63 bits per heavy atom. The average Bonchev–Trinajstić information content (AvgIpc) is 3.60. The zero-order valence-corrected chi connectivity index (χ0v) is 26.7. The number of nitrogens with zero attached hydrogens (tertiary/aromatic N) is 6. The van der Waals surface area contributed by atoms with Gasteiger partial charge in [-0.25, -0.2) is 4.52 Å². The van der Waals surface area contributed by atoms with Crippen LogP contribution >= 0.6 is 0 Å². The molecule has 0 atom stereocenters. The number of piperidine rings is 1. The first-order valence-corrected chi connectivity index (χ1v) is 16.2. The summed E-state index contributed by atoms with van der Waals surface area (Å²) in [6, 6.07) is 12.2. The lowest BCUT2D eigenvalue weighted by molar-refractivity contribution is 0.0741. The molecule has 5 rings (SSSR count). The van der Waals surface area contributed by atoms with Gasteiger partial charge in [0.1, 0.15) is 0 Å². The van der Waals surface area contributed by atoms with Crippen molar-refractivity contribution in [3.8, 4) is 22.6 Å². The lowest BCUT2D eigenvalue weighted by Gasteiger charge is -2.26. The molecular formula is C35H48N6O2. The van der Waals surface area contributed by atoms with Gasteiger partial charge in [0.15, 0.2) is 0 Å². The van der Waals surface area contributed by atoms with E-state index in [1.807, 2.05) is 28.9 Å². The van der Waals surface area contributed by atoms with E-state index in [1.54, 1.807) is 6.92 Å². The summed E-state index contributed by atoms with van der Waals surface area (Å²) in [6.07, 6.45) is 9.86. The van der Waals surface area contributed by atoms with Crippen LogP contribution in [0.4, 0.5) is 0 Å². The normalized spacial score (nSPS) is 14.3. The van der Waals surface area contributed by atoms with E-state index in [1.165, 1.54) is 37.9 Å². The third kappa shape index (κ3) is 7.91. The Morgan fingerprint density at radius 3 is 2.26 bits per heavy atom. The topological polar surface area (TPSA) is 79.8 Å². The number of carbonyl (C=O) groups excluding carboxylic acids is 1. The highest BCUT2D eigenvalue weighted by molar-refractivity contribution is 5.95. The maximum Gasteiger partial charge on any atom is 0.253 e. The van der Waals surface area contributed by atoms with Crippen molar-refractivity contribution in [3.05, 3.63) is 59.6 Å². The number of fused-ring (bicyclic) bond motifs is 1. The van der Waals surface area contributed by atoms with Crippen molar-refractivity contribution in [2.45, 2.75) is 79.6 Å². The van der Waals surface area contributed by atoms with Gasteiger partial charge in [0.05, 0.1) is 11.2 Å². The zero-order valence-electron chi connectivity index (χ0n) is 26.7. The maximum atomic E-state index is 13.9. The fourth-order valence-corrected chi connectivity index (χ4v) is 5.89. The number of likely N-dealkylation sites (tertiary alicyclic amines) is 1. The first-order chi connectivity index (χ1) is 20.8. The second kappa shape index (κ2) is 14.3. The minimum atomic E-state index is 0.116. The van der Waals surface area contributed by atoms with Gasteiger partial charge in [-0.2, -0.15) is 10.1 Å². The Morgan fingerprint density at radius 1 is 0.953 bits per heavy atom. The fourth-order valence-electron chi connectivity index (χ4n) is 5.89. The van der Waals surface area contributed by atoms with Gasteiger partial charge in [-0.15, -0.1) is 0 Å². The van der Waals surface area contributed by atoms with E-state index in [0.717, 1.165) is 73.2 Å². The summed E-state index contributed by atoms with van der Waals surface area (Å²) in [5.41, 5.74) is 5.88. The largest absolute Gasteiger partial charge is 0.339 e. The molecule has 0 saturated carbocycles. The SMILES string of the molecule is Cc1nc(-c2ccc(-c3nn4ccc(C(=O)N(CCC(C)C)CCC(C)C)cc4c3CCCN3CCCCC3)cc2)no1. The average molecular weight is 585 g/mol. The van der Waals surface area contributed by atoms with E-state index in [0.29, 0.717) is 23.6 Å². The smallest absolute Gasteiger partial charge is 0.253 e. The number of rotatable bonds is 13. The summed E-state index contributed by atoms with van der Waals surface area (Å²) < 4.78 is 7.13. The second-order valence-electron chi connectivity index (χ2n) is 12.9. The van der Waals surface area contributed by atoms with Gasteiger partial charge in [-0.05, 0) is 82.1 Å². The number of aromatic nitrogens is 4. The molecule has 3 aromatic heterocycles. The summed E-state index contributed by atoms with van der Waals surface area (Å²) in [7, 11) is 0. The van der Waals surface area contributed by atoms with Crippen molar-refractivity contribution >= 4 is 11.4 Å². The minimum Gasteiger partial charge on any atom is -0.339 e. The molecule has 4 heterocycles. The number of benzene rings is 1. The predicted molar refractivity (Wildman–Crippen MR) is 172 cm³/mol. The van der Waals surface area contributed by atoms with E-state index in [2.05, 4.69) is 65.8 Å². The monoisotopic (exact) mass is 584 g/mol. The molecule has 1 aliphatic rings. The molecule has 0 spiro atoms. The minimum absolute atomic E-state index is 0.116. The van der Waals surface area contributed by atoms with Crippen molar-refractivity contribution in [2.24, 2.45) is 11.8 Å². The highest BCUT2D eigenvalue weighted by Crippen LogP contribution is 2.30. The molecule has 1 fully saturated rings. The van der Waals surface area contributed by atoms with Gasteiger partial charge in [-0.1, -0.05) is 63.5 Å². The number of pyridine rings is 1. The second-order valence-corrected chi connectivity index (χ2v) is 12.9. The molecule has 1 aliphatic heterocycles. The fraction of sp³-hybridized carbons (Fsp3) is 0.543. The predicted octanol–water partition coefficient (Wildman–Crippen LogP) is 7.31. The molecule has 0 N–H and O–H groups in total. The third-order valence-electron chi connectivity index (χ3n) is 8.52. The zero-order chi connectivity index (χ0) is 30.3. The summed E-state index contributed by atoms with van der Waals surface area (Å²) in [6.45, 7) is 15.7. The van der Waals surface area contributed by atoms with Crippen molar-refractivity contribution < 1.29 is 9.32 Å². The van der Waals surface area contributed by atoms with Crippen LogP contribution in [0.15, 0.2) is 47.1 Å². The van der Waals surface area contributed by atoms with E-state index in [4.69, 9.17) is 9.62 Å². The summed E-state index contributed by atoms with van der Waals surface area (Å²) >= 11 is 0. The lowest BCUT2D eigenvalue weighted by Crippen LogP contribution is -2.34. The van der Waals surface area contributed by atoms with Gasteiger partial charge in [-0.3, -0.25) is 4.79 Å². The van der Waals surface area contributed by atoms with Crippen LogP contribution in [-0.2, 0) is 6.42 Å². The Bertz CT molecular complexity index is 1470. The number of amides is 1. The molecular weight excluding hydrogens is 536 g/mol. The van der Waals surface area contributed by atoms with Crippen LogP contribution in [0.1, 0.15) is 88.0 Å². The molecule has 1 saturated heterocycles. The first-order valence-electron chi connectivity index (χ1n) is 16.2. The molecule has 8 heteroatoms. The number of aryl methyl sites for hydroxylation is 2. The lowest BCUT2D eigenvalue weighted by atomic mass is 10.00. The molecule has 1 amide bonds. The van der Waals surface area contributed by atoms with Crippen LogP contribution in [-0.4, -0.2) is 68.2 Å². The van der Waals surface area contributed by atoms with E-state index >= 15 is 0 Å². The third-order valence-corrected chi connectivity index (χ3v) is 8.52. The number of hydrogen-bond acceptors (Lipinski definition) is 6. The summed E-state index contributed by atoms with van der Waals surface area (Å²) in [5.74, 6) is 2.36. The molecule has 0 aliphatic carbocycles. The van der Waals surface area contributed by atoms with Crippen LogP contribution in [0.3, 0.4) is 0 Å². The van der Waals surface area contributed by atoms with Gasteiger partial charge in [0.2, 0.25) is 11.7 Å². The van der Waals surface area contributed by atoms with Crippen LogP contribution in [0, 0.1) is 18.8 Å². The molecule has 230 valence electrons. The first kappa shape index (κ1) is 30.9. The number of hydrogen-bond donors (Lipinski definition) is 0. The Hall–Kier alpha value is -3.52. The molecule has 0 unspecified atom stereocenters. The van der Waals surface area contributed by atoms with E-state index in [9.17, 15) is 4.79 Å². The van der Waals surface area contributed by atoms with Crippen molar-refractivity contribution in [1.82, 2.24) is 29.6 Å². The van der Waals surface area contributed by atoms with Gasteiger partial charge in [0.25, 0.3) is 5.91 Å². The van der Waals surface area contributed by atoms with E-state index in [-0.39, 0.29) is 5.91 Å². The van der Waals surface area contributed by atoms with Crippen LogP contribution in [0.2, 0.25) is 0 Å². The molecule has 4 aromatic rings. The maximum absolute atomic E-state index is 13.9. The quantitative estimate of drug-likeness (QED) is 0.164. The Balaban J connectivity index is 1.46. The summed E-state index contributed by atoms with van der Waals surface area (Å²) in [4.78, 5) is 22.9. The van der Waals surface area contributed by atoms with Crippen LogP contribution < -0.4 is 0 Å². The Kier molecular flexibility index (Phi) is 10.3. The molecule has 0 radical (unpaired) electrons. The van der Waals surface area contributed by atoms with Crippen molar-refractivity contribution in [2.75, 3.05) is 32.7 Å². The number of carbonyl (C=O) groups is 1. The van der Waals surface area contributed by atoms with Crippen molar-refractivity contribution in [1.29, 1.82) is 0 Å². The Labute approximate surface area is 256 Å². The van der Waals surface area contributed by atoms with Crippen LogP contribution in [0.25, 0.3) is 28.2 Å². The summed E-state index contributed by atoms with van der Waals surface area (Å²) in [5, 5.41) is 9.11. The van der Waals surface area contributed by atoms with Crippen molar-refractivity contribution in [3.63, 3.8) is 0 Å². The van der Waals surface area contributed by atoms with Crippen LogP contribution in [0.5, 0.6) is 0 Å². The van der Waals surface area contributed by atoms with E-state index < -0.39 is 0 Å².